The van der Waals surface area contributed by atoms with Crippen LogP contribution in [0.15, 0.2) is 34.4 Å². The molecule has 0 atom stereocenters. The minimum absolute atomic E-state index is 0.133. The topological polar surface area (TPSA) is 37.6 Å². The van der Waals surface area contributed by atoms with Crippen LogP contribution in [-0.4, -0.2) is 16.4 Å². The molecule has 0 N–H and O–H groups in total. The summed E-state index contributed by atoms with van der Waals surface area (Å²) in [6, 6.07) is 5.10. The second kappa shape index (κ2) is 5.49. The number of benzene rings is 1. The van der Waals surface area contributed by atoms with Gasteiger partial charge in [-0.15, -0.1) is 11.3 Å². The van der Waals surface area contributed by atoms with Crippen LogP contribution in [0.1, 0.15) is 11.4 Å². The molecule has 0 spiro atoms. The molecule has 7 heteroatoms. The fourth-order valence-corrected chi connectivity index (χ4v) is 3.25. The van der Waals surface area contributed by atoms with Crippen LogP contribution in [0.5, 0.6) is 0 Å². The van der Waals surface area contributed by atoms with Gasteiger partial charge in [0.1, 0.15) is 17.3 Å². The van der Waals surface area contributed by atoms with E-state index in [0.29, 0.717) is 10.7 Å². The van der Waals surface area contributed by atoms with Crippen LogP contribution in [0.25, 0.3) is 4.96 Å². The summed E-state index contributed by atoms with van der Waals surface area (Å²) in [5.41, 5.74) is 0.961. The number of aryl methyl sites for hydroxylation is 1. The average molecular weight is 321 g/mol. The molecule has 114 valence electrons. The highest BCUT2D eigenvalue weighted by atomic mass is 32.1. The molecule has 1 aromatic carbocycles. The Bertz CT molecular complexity index is 883. The van der Waals surface area contributed by atoms with E-state index in [1.54, 1.807) is 7.05 Å². The highest BCUT2D eigenvalue weighted by Gasteiger charge is 2.15. The van der Waals surface area contributed by atoms with Crippen molar-refractivity contribution in [2.75, 3.05) is 11.9 Å². The molecule has 0 aliphatic rings. The van der Waals surface area contributed by atoms with E-state index in [1.165, 1.54) is 44.9 Å². The third-order valence-corrected chi connectivity index (χ3v) is 4.29. The van der Waals surface area contributed by atoms with Crippen LogP contribution < -0.4 is 10.5 Å². The van der Waals surface area contributed by atoms with Crippen molar-refractivity contribution in [3.05, 3.63) is 63.0 Å². The van der Waals surface area contributed by atoms with E-state index in [-0.39, 0.29) is 17.8 Å². The fourth-order valence-electron chi connectivity index (χ4n) is 2.36. The van der Waals surface area contributed by atoms with Gasteiger partial charge in [0.15, 0.2) is 4.96 Å². The minimum Gasteiger partial charge on any atom is -0.364 e. The van der Waals surface area contributed by atoms with E-state index in [2.05, 4.69) is 4.98 Å². The molecular weight excluding hydrogens is 308 g/mol. The normalized spacial score (nSPS) is 11.1. The fraction of sp³-hybridized carbons (Fsp3) is 0.200. The van der Waals surface area contributed by atoms with Crippen LogP contribution in [0.3, 0.4) is 0 Å². The Balaban J connectivity index is 1.98. The average Bonchev–Trinajstić information content (AvgIpc) is 2.80. The Hall–Kier alpha value is -2.28. The van der Waals surface area contributed by atoms with Crippen molar-refractivity contribution < 1.29 is 8.78 Å². The van der Waals surface area contributed by atoms with Gasteiger partial charge in [-0.25, -0.2) is 13.8 Å². The summed E-state index contributed by atoms with van der Waals surface area (Å²) in [4.78, 5) is 18.5. The lowest BCUT2D eigenvalue weighted by atomic mass is 10.2. The number of hydrogen-bond donors (Lipinski definition) is 0. The lowest BCUT2D eigenvalue weighted by molar-refractivity contribution is 0.576. The Kier molecular flexibility index (Phi) is 3.66. The summed E-state index contributed by atoms with van der Waals surface area (Å²) >= 11 is 1.36. The number of hydrogen-bond acceptors (Lipinski definition) is 4. The molecule has 0 unspecified atom stereocenters. The molecule has 0 amide bonds. The van der Waals surface area contributed by atoms with Crippen molar-refractivity contribution in [1.29, 1.82) is 0 Å². The molecular formula is C15H13F2N3OS. The first-order chi connectivity index (χ1) is 10.5. The summed E-state index contributed by atoms with van der Waals surface area (Å²) in [6.45, 7) is 1.97. The Morgan fingerprint density at radius 3 is 2.68 bits per heavy atom. The Labute approximate surface area is 129 Å². The highest BCUT2D eigenvalue weighted by Crippen LogP contribution is 2.23. The highest BCUT2D eigenvalue weighted by molar-refractivity contribution is 7.15. The smallest absolute Gasteiger partial charge is 0.259 e. The van der Waals surface area contributed by atoms with E-state index >= 15 is 0 Å². The lowest BCUT2D eigenvalue weighted by Gasteiger charge is -2.20. The molecule has 0 bridgehead atoms. The van der Waals surface area contributed by atoms with E-state index in [9.17, 15) is 13.6 Å². The third-order valence-electron chi connectivity index (χ3n) is 3.35. The molecule has 3 rings (SSSR count). The van der Waals surface area contributed by atoms with Crippen molar-refractivity contribution >= 4 is 22.0 Å². The second-order valence-corrected chi connectivity index (χ2v) is 5.84. The number of rotatable bonds is 3. The van der Waals surface area contributed by atoms with Crippen molar-refractivity contribution in [1.82, 2.24) is 9.38 Å². The number of nitrogens with zero attached hydrogens (tertiary/aromatic N) is 3. The zero-order valence-electron chi connectivity index (χ0n) is 12.0. The summed E-state index contributed by atoms with van der Waals surface area (Å²) in [5, 5.41) is 1.84. The van der Waals surface area contributed by atoms with E-state index < -0.39 is 11.6 Å². The predicted octanol–water partition coefficient (Wildman–Crippen LogP) is 2.98. The van der Waals surface area contributed by atoms with Gasteiger partial charge in [-0.2, -0.15) is 0 Å². The van der Waals surface area contributed by atoms with Gasteiger partial charge in [0.2, 0.25) is 0 Å². The summed E-state index contributed by atoms with van der Waals surface area (Å²) in [6.07, 6.45) is 0. The quantitative estimate of drug-likeness (QED) is 0.744. The van der Waals surface area contributed by atoms with Gasteiger partial charge in [0.25, 0.3) is 5.56 Å². The molecule has 0 aliphatic carbocycles. The first kappa shape index (κ1) is 14.6. The van der Waals surface area contributed by atoms with Gasteiger partial charge < -0.3 is 4.90 Å². The summed E-state index contributed by atoms with van der Waals surface area (Å²) in [5.74, 6) is -1.29. The monoisotopic (exact) mass is 321 g/mol. The number of halogens is 2. The SMILES string of the molecule is Cc1csc2nc(CN(C)c3c(F)cccc3F)cc(=O)n12. The van der Waals surface area contributed by atoms with E-state index in [4.69, 9.17) is 0 Å². The molecule has 3 aromatic rings. The zero-order valence-corrected chi connectivity index (χ0v) is 12.8. The maximum Gasteiger partial charge on any atom is 0.259 e. The number of fused-ring (bicyclic) bond motifs is 1. The van der Waals surface area contributed by atoms with Crippen molar-refractivity contribution in [3.8, 4) is 0 Å². The van der Waals surface area contributed by atoms with Gasteiger partial charge in [0, 0.05) is 24.2 Å². The molecule has 2 aromatic heterocycles. The minimum atomic E-state index is -0.646. The van der Waals surface area contributed by atoms with Gasteiger partial charge in [-0.3, -0.25) is 9.20 Å². The number of aromatic nitrogens is 2. The van der Waals surface area contributed by atoms with Crippen LogP contribution in [0.4, 0.5) is 14.5 Å². The molecule has 4 nitrogen and oxygen atoms in total. The van der Waals surface area contributed by atoms with Crippen molar-refractivity contribution in [2.24, 2.45) is 0 Å². The van der Waals surface area contributed by atoms with Crippen molar-refractivity contribution in [3.63, 3.8) is 0 Å². The number of para-hydroxylation sites is 1. The molecule has 22 heavy (non-hydrogen) atoms. The first-order valence-electron chi connectivity index (χ1n) is 6.59. The van der Waals surface area contributed by atoms with Crippen LogP contribution in [-0.2, 0) is 6.54 Å². The maximum atomic E-state index is 13.8. The van der Waals surface area contributed by atoms with Gasteiger partial charge >= 0.3 is 0 Å². The molecule has 0 saturated heterocycles. The second-order valence-electron chi connectivity index (χ2n) is 5.01. The molecule has 0 fully saturated rings. The Morgan fingerprint density at radius 2 is 2.00 bits per heavy atom. The largest absolute Gasteiger partial charge is 0.364 e. The molecule has 2 heterocycles. The number of anilines is 1. The zero-order chi connectivity index (χ0) is 15.9. The lowest BCUT2D eigenvalue weighted by Crippen LogP contribution is -2.23. The molecule has 0 aliphatic heterocycles. The predicted molar refractivity (Wildman–Crippen MR) is 82.5 cm³/mol. The molecule has 0 saturated carbocycles. The molecule has 0 radical (unpaired) electrons. The first-order valence-corrected chi connectivity index (χ1v) is 7.47. The van der Waals surface area contributed by atoms with Gasteiger partial charge in [0.05, 0.1) is 12.2 Å². The van der Waals surface area contributed by atoms with E-state index in [1.807, 2.05) is 12.3 Å². The Morgan fingerprint density at radius 1 is 1.32 bits per heavy atom. The summed E-state index contributed by atoms with van der Waals surface area (Å²) < 4.78 is 29.1. The number of thiazole rings is 1. The van der Waals surface area contributed by atoms with Gasteiger partial charge in [-0.05, 0) is 19.1 Å². The third kappa shape index (κ3) is 2.48. The van der Waals surface area contributed by atoms with Crippen molar-refractivity contribution in [2.45, 2.75) is 13.5 Å². The van der Waals surface area contributed by atoms with E-state index in [0.717, 1.165) is 5.69 Å². The maximum absolute atomic E-state index is 13.8. The van der Waals surface area contributed by atoms with Crippen LogP contribution in [0.2, 0.25) is 0 Å². The van der Waals surface area contributed by atoms with Crippen LogP contribution in [0, 0.1) is 18.6 Å². The standard InChI is InChI=1S/C15H13F2N3OS/c1-9-8-22-15-18-10(6-13(21)20(9)15)7-19(2)14-11(16)4-3-5-12(14)17/h3-6,8H,7H2,1-2H3. The van der Waals surface area contributed by atoms with Crippen LogP contribution >= 0.6 is 11.3 Å². The van der Waals surface area contributed by atoms with Gasteiger partial charge in [-0.1, -0.05) is 6.07 Å². The summed E-state index contributed by atoms with van der Waals surface area (Å²) in [7, 11) is 1.56.